The van der Waals surface area contributed by atoms with E-state index in [1.807, 2.05) is 4.90 Å². The molecule has 12 heteroatoms. The van der Waals surface area contributed by atoms with E-state index in [2.05, 4.69) is 42.4 Å². The molecule has 0 unspecified atom stereocenters. The average Bonchev–Trinajstić information content (AvgIpc) is 2.76. The molecule has 1 amide bonds. The van der Waals surface area contributed by atoms with Gasteiger partial charge in [-0.1, -0.05) is 18.2 Å². The number of halogens is 3. The summed E-state index contributed by atoms with van der Waals surface area (Å²) in [6.45, 7) is 4.07. The van der Waals surface area contributed by atoms with Gasteiger partial charge in [-0.05, 0) is 18.7 Å². The van der Waals surface area contributed by atoms with E-state index in [1.165, 1.54) is 18.2 Å². The topological polar surface area (TPSA) is 89.5 Å². The fourth-order valence-corrected chi connectivity index (χ4v) is 3.84. The van der Waals surface area contributed by atoms with Gasteiger partial charge in [0.15, 0.2) is 0 Å². The molecule has 0 spiro atoms. The molecule has 9 nitrogen and oxygen atoms in total. The second-order valence-electron chi connectivity index (χ2n) is 8.27. The first-order chi connectivity index (χ1) is 15.7. The Morgan fingerprint density at radius 2 is 1.67 bits per heavy atom. The molecule has 2 aliphatic heterocycles. The molecule has 0 saturated carbocycles. The molecular weight excluding hydrogens is 437 g/mol. The zero-order chi connectivity index (χ0) is 23.6. The highest BCUT2D eigenvalue weighted by atomic mass is 19.4. The van der Waals surface area contributed by atoms with E-state index in [0.29, 0.717) is 30.9 Å². The van der Waals surface area contributed by atoms with Crippen LogP contribution in [0.1, 0.15) is 11.1 Å². The summed E-state index contributed by atoms with van der Waals surface area (Å²) in [6.07, 6.45) is -4.46. The van der Waals surface area contributed by atoms with E-state index < -0.39 is 11.7 Å². The number of nitrogens with one attached hydrogen (secondary N) is 2. The van der Waals surface area contributed by atoms with E-state index in [-0.39, 0.29) is 23.9 Å². The minimum atomic E-state index is -4.46. The third-order valence-corrected chi connectivity index (χ3v) is 5.93. The smallest absolute Gasteiger partial charge is 0.357 e. The van der Waals surface area contributed by atoms with Crippen molar-refractivity contribution in [2.45, 2.75) is 12.7 Å². The van der Waals surface area contributed by atoms with Crippen LogP contribution in [0.15, 0.2) is 24.3 Å². The number of piperazine rings is 1. The van der Waals surface area contributed by atoms with E-state index >= 15 is 0 Å². The molecule has 2 saturated heterocycles. The summed E-state index contributed by atoms with van der Waals surface area (Å²) >= 11 is 0. The Balaban J connectivity index is 1.36. The van der Waals surface area contributed by atoms with Crippen LogP contribution >= 0.6 is 0 Å². The van der Waals surface area contributed by atoms with Gasteiger partial charge < -0.3 is 25.3 Å². The number of carbonyl (C=O) groups is 1. The Kier molecular flexibility index (Phi) is 6.54. The molecule has 1 aromatic heterocycles. The van der Waals surface area contributed by atoms with Gasteiger partial charge in [-0.3, -0.25) is 4.79 Å². The van der Waals surface area contributed by atoms with Crippen molar-refractivity contribution in [3.8, 4) is 0 Å². The van der Waals surface area contributed by atoms with Crippen molar-refractivity contribution in [1.82, 2.24) is 25.2 Å². The molecular formula is C21H27F3N8O. The molecule has 0 radical (unpaired) electrons. The predicted molar refractivity (Wildman–Crippen MR) is 118 cm³/mol. The number of hydrogen-bond donors (Lipinski definition) is 2. The zero-order valence-electron chi connectivity index (χ0n) is 18.6. The van der Waals surface area contributed by atoms with Crippen LogP contribution in [-0.2, 0) is 17.5 Å². The summed E-state index contributed by atoms with van der Waals surface area (Å²) in [4.78, 5) is 32.2. The number of benzene rings is 1. The Morgan fingerprint density at radius 3 is 2.30 bits per heavy atom. The molecule has 0 bridgehead atoms. The van der Waals surface area contributed by atoms with Crippen LogP contribution in [0.5, 0.6) is 0 Å². The van der Waals surface area contributed by atoms with E-state index in [4.69, 9.17) is 0 Å². The SMILES string of the molecule is CNc1nc(N2CCN(C)CC2)nc(N2CC(C(=O)NCc3ccccc3C(F)(F)F)C2)n1. The van der Waals surface area contributed by atoms with Gasteiger partial charge in [0.1, 0.15) is 0 Å². The second kappa shape index (κ2) is 9.38. The lowest BCUT2D eigenvalue weighted by atomic mass is 9.99. The summed E-state index contributed by atoms with van der Waals surface area (Å²) in [5, 5.41) is 5.58. The molecule has 0 atom stereocenters. The normalized spacial score (nSPS) is 17.6. The van der Waals surface area contributed by atoms with Gasteiger partial charge in [0.2, 0.25) is 23.8 Å². The van der Waals surface area contributed by atoms with E-state index in [0.717, 1.165) is 32.2 Å². The largest absolute Gasteiger partial charge is 0.416 e. The van der Waals surface area contributed by atoms with Crippen LogP contribution in [-0.4, -0.2) is 79.1 Å². The van der Waals surface area contributed by atoms with Crippen molar-refractivity contribution < 1.29 is 18.0 Å². The number of carbonyl (C=O) groups excluding carboxylic acids is 1. The Labute approximate surface area is 190 Å². The maximum absolute atomic E-state index is 13.1. The number of rotatable bonds is 6. The summed E-state index contributed by atoms with van der Waals surface area (Å²) in [7, 11) is 3.81. The fraction of sp³-hybridized carbons (Fsp3) is 0.524. The molecule has 4 rings (SSSR count). The van der Waals surface area contributed by atoms with Crippen LogP contribution in [0.3, 0.4) is 0 Å². The molecule has 2 aromatic rings. The van der Waals surface area contributed by atoms with Crippen LogP contribution < -0.4 is 20.4 Å². The molecule has 2 fully saturated rings. The summed E-state index contributed by atoms with van der Waals surface area (Å²) in [6, 6.07) is 5.26. The third-order valence-electron chi connectivity index (χ3n) is 5.93. The standard InChI is InChI=1S/C21H27F3N8O/c1-25-18-27-19(31-9-7-30(2)8-10-31)29-20(28-18)32-12-15(13-32)17(33)26-11-14-5-3-4-6-16(14)21(22,23)24/h3-6,15H,7-13H2,1-2H3,(H,26,33)(H,25,27,28,29). The second-order valence-corrected chi connectivity index (χ2v) is 8.27. The number of amides is 1. The van der Waals surface area contributed by atoms with Gasteiger partial charge >= 0.3 is 6.18 Å². The minimum absolute atomic E-state index is 0.0440. The summed E-state index contributed by atoms with van der Waals surface area (Å²) < 4.78 is 39.4. The predicted octanol–water partition coefficient (Wildman–Crippen LogP) is 1.44. The molecule has 0 aliphatic carbocycles. The van der Waals surface area contributed by atoms with Gasteiger partial charge in [-0.25, -0.2) is 0 Å². The quantitative estimate of drug-likeness (QED) is 0.664. The fourth-order valence-electron chi connectivity index (χ4n) is 3.84. The number of anilines is 3. The van der Waals surface area contributed by atoms with Gasteiger partial charge in [-0.2, -0.15) is 28.1 Å². The highest BCUT2D eigenvalue weighted by Gasteiger charge is 2.36. The van der Waals surface area contributed by atoms with Gasteiger partial charge in [0.25, 0.3) is 0 Å². The molecule has 33 heavy (non-hydrogen) atoms. The molecule has 2 aliphatic rings. The molecule has 2 N–H and O–H groups in total. The lowest BCUT2D eigenvalue weighted by molar-refractivity contribution is -0.138. The Bertz CT molecular complexity index is 988. The summed E-state index contributed by atoms with van der Waals surface area (Å²) in [5.74, 6) is 0.893. The average molecular weight is 464 g/mol. The van der Waals surface area contributed by atoms with Crippen molar-refractivity contribution in [3.05, 3.63) is 35.4 Å². The third kappa shape index (κ3) is 5.27. The first kappa shape index (κ1) is 23.0. The number of alkyl halides is 3. The number of likely N-dealkylation sites (N-methyl/N-ethyl adjacent to an activating group) is 1. The minimum Gasteiger partial charge on any atom is -0.357 e. The maximum Gasteiger partial charge on any atom is 0.416 e. The Morgan fingerprint density at radius 1 is 1.03 bits per heavy atom. The lowest BCUT2D eigenvalue weighted by Gasteiger charge is -2.39. The summed E-state index contributed by atoms with van der Waals surface area (Å²) in [5.41, 5.74) is -0.691. The highest BCUT2D eigenvalue weighted by Crippen LogP contribution is 2.32. The van der Waals surface area contributed by atoms with Gasteiger partial charge in [0.05, 0.1) is 11.5 Å². The number of nitrogens with zero attached hydrogens (tertiary/aromatic N) is 6. The van der Waals surface area contributed by atoms with Crippen LogP contribution in [0.4, 0.5) is 31.0 Å². The first-order valence-corrected chi connectivity index (χ1v) is 10.8. The van der Waals surface area contributed by atoms with Crippen molar-refractivity contribution in [2.75, 3.05) is 68.5 Å². The maximum atomic E-state index is 13.1. The lowest BCUT2D eigenvalue weighted by Crippen LogP contribution is -2.54. The molecule has 178 valence electrons. The van der Waals surface area contributed by atoms with Crippen LogP contribution in [0.2, 0.25) is 0 Å². The van der Waals surface area contributed by atoms with Crippen LogP contribution in [0.25, 0.3) is 0 Å². The van der Waals surface area contributed by atoms with Crippen molar-refractivity contribution >= 4 is 23.8 Å². The molecule has 1 aromatic carbocycles. The molecule has 3 heterocycles. The first-order valence-electron chi connectivity index (χ1n) is 10.8. The zero-order valence-corrected chi connectivity index (χ0v) is 18.6. The monoisotopic (exact) mass is 464 g/mol. The van der Waals surface area contributed by atoms with Gasteiger partial charge in [-0.15, -0.1) is 0 Å². The number of aromatic nitrogens is 3. The number of hydrogen-bond acceptors (Lipinski definition) is 8. The van der Waals surface area contributed by atoms with Crippen molar-refractivity contribution in [1.29, 1.82) is 0 Å². The van der Waals surface area contributed by atoms with E-state index in [9.17, 15) is 18.0 Å². The van der Waals surface area contributed by atoms with Crippen molar-refractivity contribution in [3.63, 3.8) is 0 Å². The van der Waals surface area contributed by atoms with Crippen molar-refractivity contribution in [2.24, 2.45) is 5.92 Å². The van der Waals surface area contributed by atoms with Crippen LogP contribution in [0, 0.1) is 5.92 Å². The van der Waals surface area contributed by atoms with E-state index in [1.54, 1.807) is 7.05 Å². The van der Waals surface area contributed by atoms with Gasteiger partial charge in [0, 0.05) is 52.9 Å². The highest BCUT2D eigenvalue weighted by molar-refractivity contribution is 5.81. The Hall–Kier alpha value is -3.15.